The highest BCUT2D eigenvalue weighted by Gasteiger charge is 2.29. The molecule has 0 aliphatic carbocycles. The van der Waals surface area contributed by atoms with Crippen molar-refractivity contribution >= 4 is 11.8 Å². The Morgan fingerprint density at radius 2 is 1.78 bits per heavy atom. The summed E-state index contributed by atoms with van der Waals surface area (Å²) in [6.45, 7) is 5.03. The topological polar surface area (TPSA) is 52.7 Å². The Morgan fingerprint density at radius 1 is 1.11 bits per heavy atom. The second-order valence-electron chi connectivity index (χ2n) is 5.54. The molecule has 0 bridgehead atoms. The van der Waals surface area contributed by atoms with Crippen LogP contribution in [0.15, 0.2) is 0 Å². The van der Waals surface area contributed by atoms with Gasteiger partial charge < -0.3 is 15.1 Å². The van der Waals surface area contributed by atoms with Gasteiger partial charge in [0.1, 0.15) is 0 Å². The Labute approximate surface area is 108 Å². The minimum Gasteiger partial charge on any atom is -0.351 e. The van der Waals surface area contributed by atoms with Crippen LogP contribution in [-0.2, 0) is 9.59 Å². The van der Waals surface area contributed by atoms with Crippen LogP contribution in [0.1, 0.15) is 26.2 Å². The second-order valence-corrected chi connectivity index (χ2v) is 5.54. The number of hydrogen-bond donors (Lipinski definition) is 1. The Balaban J connectivity index is 1.76. The number of rotatable bonds is 2. The van der Waals surface area contributed by atoms with Crippen molar-refractivity contribution in [3.8, 4) is 0 Å². The third-order valence-electron chi connectivity index (χ3n) is 4.07. The summed E-state index contributed by atoms with van der Waals surface area (Å²) in [7, 11) is 2.09. The molecule has 0 aromatic carbocycles. The van der Waals surface area contributed by atoms with Crippen LogP contribution in [0, 0.1) is 5.92 Å². The zero-order valence-corrected chi connectivity index (χ0v) is 11.3. The fourth-order valence-electron chi connectivity index (χ4n) is 2.75. The molecule has 5 heteroatoms. The van der Waals surface area contributed by atoms with Crippen molar-refractivity contribution in [2.24, 2.45) is 5.92 Å². The highest BCUT2D eigenvalue weighted by Crippen LogP contribution is 2.17. The lowest BCUT2D eigenvalue weighted by Crippen LogP contribution is -2.44. The van der Waals surface area contributed by atoms with Crippen molar-refractivity contribution in [1.82, 2.24) is 15.1 Å². The molecule has 0 spiro atoms. The van der Waals surface area contributed by atoms with Crippen molar-refractivity contribution in [2.75, 3.05) is 33.2 Å². The van der Waals surface area contributed by atoms with E-state index in [1.165, 1.54) is 0 Å². The average Bonchev–Trinajstić information content (AvgIpc) is 2.78. The molecular weight excluding hydrogens is 230 g/mol. The average molecular weight is 253 g/mol. The van der Waals surface area contributed by atoms with Gasteiger partial charge in [0.2, 0.25) is 11.8 Å². The number of hydrogen-bond acceptors (Lipinski definition) is 3. The molecule has 2 amide bonds. The lowest BCUT2D eigenvalue weighted by Gasteiger charge is -2.29. The maximum absolute atomic E-state index is 12.1. The molecular formula is C13H23N3O2. The van der Waals surface area contributed by atoms with E-state index < -0.39 is 0 Å². The summed E-state index contributed by atoms with van der Waals surface area (Å²) >= 11 is 0. The highest BCUT2D eigenvalue weighted by molar-refractivity contribution is 5.79. The van der Waals surface area contributed by atoms with Gasteiger partial charge in [0.25, 0.3) is 0 Å². The van der Waals surface area contributed by atoms with Gasteiger partial charge in [-0.05, 0) is 39.4 Å². The smallest absolute Gasteiger partial charge is 0.223 e. The van der Waals surface area contributed by atoms with Gasteiger partial charge in [0, 0.05) is 32.0 Å². The van der Waals surface area contributed by atoms with Crippen molar-refractivity contribution in [3.05, 3.63) is 0 Å². The fourth-order valence-corrected chi connectivity index (χ4v) is 2.75. The Kier molecular flexibility index (Phi) is 4.22. The quantitative estimate of drug-likeness (QED) is 0.757. The first-order valence-corrected chi connectivity index (χ1v) is 6.80. The molecule has 2 saturated heterocycles. The van der Waals surface area contributed by atoms with E-state index >= 15 is 0 Å². The van der Waals surface area contributed by atoms with Gasteiger partial charge in [-0.1, -0.05) is 0 Å². The summed E-state index contributed by atoms with van der Waals surface area (Å²) in [5.41, 5.74) is 0. The van der Waals surface area contributed by atoms with E-state index in [1.54, 1.807) is 11.8 Å². The van der Waals surface area contributed by atoms with E-state index in [2.05, 4.69) is 17.3 Å². The van der Waals surface area contributed by atoms with Crippen molar-refractivity contribution in [3.63, 3.8) is 0 Å². The molecule has 102 valence electrons. The largest absolute Gasteiger partial charge is 0.351 e. The van der Waals surface area contributed by atoms with E-state index in [0.29, 0.717) is 6.54 Å². The summed E-state index contributed by atoms with van der Waals surface area (Å²) in [5, 5.41) is 3.10. The maximum atomic E-state index is 12.1. The lowest BCUT2D eigenvalue weighted by atomic mass is 9.96. The molecule has 2 heterocycles. The predicted octanol–water partition coefficient (Wildman–Crippen LogP) is 0.0652. The molecule has 1 unspecified atom stereocenters. The summed E-state index contributed by atoms with van der Waals surface area (Å²) in [5.74, 6) is 0.442. The van der Waals surface area contributed by atoms with Gasteiger partial charge in [-0.3, -0.25) is 9.59 Å². The van der Waals surface area contributed by atoms with Crippen molar-refractivity contribution in [1.29, 1.82) is 0 Å². The molecule has 1 atom stereocenters. The number of nitrogens with one attached hydrogen (secondary N) is 1. The zero-order valence-electron chi connectivity index (χ0n) is 11.3. The number of piperidine rings is 1. The standard InChI is InChI=1S/C13H23N3O2/c1-10(17)16-8-5-12(9-16)14-13(18)11-3-6-15(2)7-4-11/h11-12H,3-9H2,1-2H3,(H,14,18). The fraction of sp³-hybridized carbons (Fsp3) is 0.846. The van der Waals surface area contributed by atoms with Gasteiger partial charge in [-0.2, -0.15) is 0 Å². The van der Waals surface area contributed by atoms with E-state index in [1.807, 2.05) is 0 Å². The summed E-state index contributed by atoms with van der Waals surface area (Å²) in [6, 6.07) is 0.154. The molecule has 5 nitrogen and oxygen atoms in total. The van der Waals surface area contributed by atoms with Crippen LogP contribution in [0.5, 0.6) is 0 Å². The predicted molar refractivity (Wildman–Crippen MR) is 69.0 cm³/mol. The Morgan fingerprint density at radius 3 is 2.33 bits per heavy atom. The second kappa shape index (κ2) is 5.69. The van der Waals surface area contributed by atoms with Crippen LogP contribution < -0.4 is 5.32 Å². The molecule has 0 radical (unpaired) electrons. The first-order chi connectivity index (χ1) is 8.56. The molecule has 2 aliphatic rings. The molecule has 2 fully saturated rings. The third-order valence-corrected chi connectivity index (χ3v) is 4.07. The molecule has 18 heavy (non-hydrogen) atoms. The SMILES string of the molecule is CC(=O)N1CCC(NC(=O)C2CCN(C)CC2)C1. The summed E-state index contributed by atoms with van der Waals surface area (Å²) in [6.07, 6.45) is 2.79. The number of likely N-dealkylation sites (tertiary alicyclic amines) is 2. The van der Waals surface area contributed by atoms with Gasteiger partial charge >= 0.3 is 0 Å². The summed E-state index contributed by atoms with van der Waals surface area (Å²) < 4.78 is 0. The number of carbonyl (C=O) groups is 2. The van der Waals surface area contributed by atoms with E-state index in [9.17, 15) is 9.59 Å². The monoisotopic (exact) mass is 253 g/mol. The summed E-state index contributed by atoms with van der Waals surface area (Å²) in [4.78, 5) is 27.4. The maximum Gasteiger partial charge on any atom is 0.223 e. The normalized spacial score (nSPS) is 26.3. The molecule has 2 aliphatic heterocycles. The van der Waals surface area contributed by atoms with E-state index in [0.717, 1.165) is 38.9 Å². The van der Waals surface area contributed by atoms with Crippen LogP contribution in [0.25, 0.3) is 0 Å². The third kappa shape index (κ3) is 3.22. The highest BCUT2D eigenvalue weighted by atomic mass is 16.2. The Bertz CT molecular complexity index is 324. The molecule has 0 aromatic rings. The number of amides is 2. The van der Waals surface area contributed by atoms with Crippen LogP contribution in [0.4, 0.5) is 0 Å². The lowest BCUT2D eigenvalue weighted by molar-refractivity contribution is -0.129. The minimum absolute atomic E-state index is 0.103. The molecule has 0 saturated carbocycles. The van der Waals surface area contributed by atoms with Crippen molar-refractivity contribution in [2.45, 2.75) is 32.2 Å². The van der Waals surface area contributed by atoms with Crippen LogP contribution in [0.3, 0.4) is 0 Å². The van der Waals surface area contributed by atoms with Crippen LogP contribution >= 0.6 is 0 Å². The van der Waals surface area contributed by atoms with Gasteiger partial charge in [-0.15, -0.1) is 0 Å². The van der Waals surface area contributed by atoms with Crippen LogP contribution in [0.2, 0.25) is 0 Å². The van der Waals surface area contributed by atoms with Crippen molar-refractivity contribution < 1.29 is 9.59 Å². The molecule has 0 aromatic heterocycles. The van der Waals surface area contributed by atoms with Crippen LogP contribution in [-0.4, -0.2) is 60.9 Å². The Hall–Kier alpha value is -1.10. The first-order valence-electron chi connectivity index (χ1n) is 6.80. The first kappa shape index (κ1) is 13.3. The number of carbonyl (C=O) groups excluding carboxylic acids is 2. The van der Waals surface area contributed by atoms with Gasteiger partial charge in [-0.25, -0.2) is 0 Å². The van der Waals surface area contributed by atoms with Gasteiger partial charge in [0.05, 0.1) is 0 Å². The van der Waals surface area contributed by atoms with E-state index in [4.69, 9.17) is 0 Å². The zero-order chi connectivity index (χ0) is 13.1. The molecule has 2 rings (SSSR count). The minimum atomic E-state index is 0.103. The molecule has 1 N–H and O–H groups in total. The van der Waals surface area contributed by atoms with E-state index in [-0.39, 0.29) is 23.8 Å². The number of nitrogens with zero attached hydrogens (tertiary/aromatic N) is 2. The van der Waals surface area contributed by atoms with Gasteiger partial charge in [0.15, 0.2) is 0 Å².